The monoisotopic (exact) mass is 516 g/mol. The van der Waals surface area contributed by atoms with Gasteiger partial charge in [-0.1, -0.05) is 18.2 Å². The molecule has 0 aliphatic rings. The number of hydrogen-bond acceptors (Lipinski definition) is 8. The van der Waals surface area contributed by atoms with E-state index in [1.807, 2.05) is 25.3 Å². The lowest BCUT2D eigenvalue weighted by Gasteiger charge is -2.15. The molecule has 2 N–H and O–H groups in total. The maximum absolute atomic E-state index is 13.5. The fourth-order valence-electron chi connectivity index (χ4n) is 3.73. The minimum Gasteiger partial charge on any atom is -0.497 e. The van der Waals surface area contributed by atoms with Crippen molar-refractivity contribution < 1.29 is 17.9 Å². The summed E-state index contributed by atoms with van der Waals surface area (Å²) in [6.07, 6.45) is 3.45. The first-order chi connectivity index (χ1) is 17.8. The number of aromatic nitrogens is 4. The molecule has 11 heteroatoms. The molecular formula is C26H24N6O4S. The number of nitrogens with one attached hydrogen (secondary N) is 2. The summed E-state index contributed by atoms with van der Waals surface area (Å²) >= 11 is 0. The first kappa shape index (κ1) is 24.1. The minimum absolute atomic E-state index is 0.0457. The molecule has 0 aliphatic carbocycles. The van der Waals surface area contributed by atoms with Gasteiger partial charge in [-0.15, -0.1) is 0 Å². The van der Waals surface area contributed by atoms with Crippen molar-refractivity contribution in [3.05, 3.63) is 84.9 Å². The van der Waals surface area contributed by atoms with E-state index in [-0.39, 0.29) is 16.5 Å². The summed E-state index contributed by atoms with van der Waals surface area (Å²) in [5.41, 5.74) is 3.20. The molecule has 37 heavy (non-hydrogen) atoms. The number of ether oxygens (including phenoxy) is 2. The highest BCUT2D eigenvalue weighted by molar-refractivity contribution is 7.92. The van der Waals surface area contributed by atoms with Crippen LogP contribution in [-0.4, -0.2) is 42.2 Å². The summed E-state index contributed by atoms with van der Waals surface area (Å²) in [4.78, 5) is 13.5. The molecule has 0 atom stereocenters. The summed E-state index contributed by atoms with van der Waals surface area (Å²) in [6, 6.07) is 19.0. The number of benzene rings is 3. The third-order valence-corrected chi connectivity index (χ3v) is 6.89. The Morgan fingerprint density at radius 3 is 2.14 bits per heavy atom. The van der Waals surface area contributed by atoms with E-state index in [2.05, 4.69) is 25.0 Å². The van der Waals surface area contributed by atoms with Crippen LogP contribution in [0.3, 0.4) is 0 Å². The first-order valence-corrected chi connectivity index (χ1v) is 12.7. The van der Waals surface area contributed by atoms with Crippen LogP contribution in [0.15, 0.2) is 84.1 Å². The average Bonchev–Trinajstić information content (AvgIpc) is 3.35. The number of para-hydroxylation sites is 2. The number of anilines is 3. The summed E-state index contributed by atoms with van der Waals surface area (Å²) in [5.74, 6) is 1.39. The van der Waals surface area contributed by atoms with E-state index in [9.17, 15) is 8.42 Å². The molecule has 0 unspecified atom stereocenters. The van der Waals surface area contributed by atoms with Crippen molar-refractivity contribution in [3.63, 3.8) is 0 Å². The maximum atomic E-state index is 13.5. The number of nitrogens with zero attached hydrogens (tertiary/aromatic N) is 4. The van der Waals surface area contributed by atoms with Gasteiger partial charge < -0.3 is 19.4 Å². The van der Waals surface area contributed by atoms with E-state index in [4.69, 9.17) is 9.47 Å². The highest BCUT2D eigenvalue weighted by Gasteiger charge is 2.20. The van der Waals surface area contributed by atoms with Gasteiger partial charge in [-0.2, -0.15) is 0 Å². The quantitative estimate of drug-likeness (QED) is 0.305. The smallest absolute Gasteiger partial charge is 0.263 e. The predicted octanol–water partition coefficient (Wildman–Crippen LogP) is 4.69. The SMILES string of the molecule is COc1cc(Nc2nc3ccccc3nc2NS(=O)(=O)c2cccc(-n3cnc(C)c3)c2)cc(OC)c1. The third-order valence-electron chi connectivity index (χ3n) is 5.55. The highest BCUT2D eigenvalue weighted by Crippen LogP contribution is 2.31. The van der Waals surface area contributed by atoms with Gasteiger partial charge in [-0.05, 0) is 37.3 Å². The molecular weight excluding hydrogens is 492 g/mol. The van der Waals surface area contributed by atoms with Gasteiger partial charge >= 0.3 is 0 Å². The fraction of sp³-hybridized carbons (Fsp3) is 0.115. The van der Waals surface area contributed by atoms with E-state index >= 15 is 0 Å². The molecule has 2 aromatic heterocycles. The van der Waals surface area contributed by atoms with E-state index < -0.39 is 10.0 Å². The fourth-order valence-corrected chi connectivity index (χ4v) is 4.78. The minimum atomic E-state index is -4.02. The third kappa shape index (κ3) is 5.16. The molecule has 0 saturated heterocycles. The molecule has 0 bridgehead atoms. The van der Waals surface area contributed by atoms with Crippen molar-refractivity contribution in [3.8, 4) is 17.2 Å². The van der Waals surface area contributed by atoms with Crippen LogP contribution >= 0.6 is 0 Å². The van der Waals surface area contributed by atoms with Gasteiger partial charge in [0.05, 0.1) is 42.2 Å². The van der Waals surface area contributed by atoms with Crippen molar-refractivity contribution in [2.45, 2.75) is 11.8 Å². The van der Waals surface area contributed by atoms with Crippen LogP contribution < -0.4 is 19.5 Å². The summed E-state index contributed by atoms with van der Waals surface area (Å²) in [7, 11) is -0.924. The Bertz CT molecular complexity index is 1680. The van der Waals surface area contributed by atoms with Crippen LogP contribution in [0.5, 0.6) is 11.5 Å². The Balaban J connectivity index is 1.55. The Morgan fingerprint density at radius 1 is 0.838 bits per heavy atom. The number of aryl methyl sites for hydroxylation is 1. The van der Waals surface area contributed by atoms with Crippen molar-refractivity contribution in [1.82, 2.24) is 19.5 Å². The number of fused-ring (bicyclic) bond motifs is 1. The zero-order chi connectivity index (χ0) is 26.0. The molecule has 5 aromatic rings. The second-order valence-electron chi connectivity index (χ2n) is 8.16. The van der Waals surface area contributed by atoms with E-state index in [1.54, 1.807) is 73.6 Å². The first-order valence-electron chi connectivity index (χ1n) is 11.3. The van der Waals surface area contributed by atoms with Crippen LogP contribution in [0.4, 0.5) is 17.3 Å². The van der Waals surface area contributed by atoms with Gasteiger partial charge in [-0.3, -0.25) is 4.72 Å². The summed E-state index contributed by atoms with van der Waals surface area (Å²) in [6.45, 7) is 1.86. The Labute approximate surface area is 214 Å². The van der Waals surface area contributed by atoms with Crippen molar-refractivity contribution in [2.75, 3.05) is 24.3 Å². The lowest BCUT2D eigenvalue weighted by atomic mass is 10.2. The van der Waals surface area contributed by atoms with Gasteiger partial charge in [0.2, 0.25) is 0 Å². The largest absolute Gasteiger partial charge is 0.497 e. The van der Waals surface area contributed by atoms with Gasteiger partial charge in [-0.25, -0.2) is 23.4 Å². The number of imidazole rings is 1. The summed E-state index contributed by atoms with van der Waals surface area (Å²) < 4.78 is 42.0. The number of rotatable bonds is 8. The normalized spacial score (nSPS) is 11.3. The van der Waals surface area contributed by atoms with Gasteiger partial charge in [0, 0.05) is 35.8 Å². The lowest BCUT2D eigenvalue weighted by molar-refractivity contribution is 0.395. The van der Waals surface area contributed by atoms with Gasteiger partial charge in [0.1, 0.15) is 11.5 Å². The van der Waals surface area contributed by atoms with Crippen molar-refractivity contribution >= 4 is 38.4 Å². The molecule has 2 heterocycles. The number of sulfonamides is 1. The lowest BCUT2D eigenvalue weighted by Crippen LogP contribution is -2.16. The van der Waals surface area contributed by atoms with E-state index in [0.29, 0.717) is 33.9 Å². The molecule has 10 nitrogen and oxygen atoms in total. The second-order valence-corrected chi connectivity index (χ2v) is 9.84. The molecule has 0 fully saturated rings. The second kappa shape index (κ2) is 9.78. The van der Waals surface area contributed by atoms with Crippen LogP contribution in [0.1, 0.15) is 5.69 Å². The molecule has 3 aromatic carbocycles. The van der Waals surface area contributed by atoms with E-state index in [1.165, 1.54) is 6.07 Å². The van der Waals surface area contributed by atoms with Crippen LogP contribution in [0, 0.1) is 6.92 Å². The Morgan fingerprint density at radius 2 is 1.51 bits per heavy atom. The van der Waals surface area contributed by atoms with Crippen LogP contribution in [0.25, 0.3) is 16.7 Å². The highest BCUT2D eigenvalue weighted by atomic mass is 32.2. The standard InChI is InChI=1S/C26H24N6O4S/c1-17-15-32(16-27-17)19-7-6-8-22(13-19)37(33,34)31-26-25(29-23-9-4-5-10-24(23)30-26)28-18-11-20(35-2)14-21(12-18)36-3/h4-16H,1-3H3,(H,28,29)(H,30,31). The molecule has 0 saturated carbocycles. The molecule has 188 valence electrons. The molecule has 0 spiro atoms. The molecule has 0 aliphatic heterocycles. The van der Waals surface area contributed by atoms with Crippen molar-refractivity contribution in [2.24, 2.45) is 0 Å². The van der Waals surface area contributed by atoms with Crippen LogP contribution in [0.2, 0.25) is 0 Å². The average molecular weight is 517 g/mol. The van der Waals surface area contributed by atoms with Gasteiger partial charge in [0.15, 0.2) is 11.6 Å². The Hall–Kier alpha value is -4.64. The molecule has 5 rings (SSSR count). The molecule has 0 amide bonds. The topological polar surface area (TPSA) is 120 Å². The van der Waals surface area contributed by atoms with E-state index in [0.717, 1.165) is 5.69 Å². The zero-order valence-corrected chi connectivity index (χ0v) is 21.2. The predicted molar refractivity (Wildman–Crippen MR) is 141 cm³/mol. The van der Waals surface area contributed by atoms with Crippen LogP contribution in [-0.2, 0) is 10.0 Å². The maximum Gasteiger partial charge on any atom is 0.263 e. The van der Waals surface area contributed by atoms with Gasteiger partial charge in [0.25, 0.3) is 10.0 Å². The summed E-state index contributed by atoms with van der Waals surface area (Å²) in [5, 5.41) is 3.16. The number of methoxy groups -OCH3 is 2. The van der Waals surface area contributed by atoms with Crippen molar-refractivity contribution in [1.29, 1.82) is 0 Å². The Kier molecular flexibility index (Phi) is 6.36. The molecule has 0 radical (unpaired) electrons. The zero-order valence-electron chi connectivity index (χ0n) is 20.3. The number of hydrogen-bond donors (Lipinski definition) is 2.